The number of sulfonamides is 1. The first kappa shape index (κ1) is 31.5. The summed E-state index contributed by atoms with van der Waals surface area (Å²) in [5.41, 5.74) is 4.91. The van der Waals surface area contributed by atoms with Gasteiger partial charge in [0.05, 0.1) is 10.6 Å². The van der Waals surface area contributed by atoms with Crippen LogP contribution in [0.5, 0.6) is 0 Å². The molecule has 1 N–H and O–H groups in total. The summed E-state index contributed by atoms with van der Waals surface area (Å²) >= 11 is 0. The standard InChI is InChI=1S/C35H39N3O4S/c1-5-36-35(40)33(23-29-12-8-6-9-13-29)37(24-30-19-16-26(2)17-20-30)34(39)25-38(32-21-18-27(3)22-28(32)4)43(41,42)31-14-10-7-11-15-31/h6-22,33H,5,23-25H2,1-4H3,(H,36,40). The van der Waals surface area contributed by atoms with Gasteiger partial charge in [-0.2, -0.15) is 0 Å². The number of likely N-dealkylation sites (N-methyl/N-ethyl adjacent to an activating group) is 1. The lowest BCUT2D eigenvalue weighted by molar-refractivity contribution is -0.140. The van der Waals surface area contributed by atoms with E-state index in [1.54, 1.807) is 24.3 Å². The number of carbonyl (C=O) groups excluding carboxylic acids is 2. The maximum atomic E-state index is 14.4. The number of nitrogens with one attached hydrogen (secondary N) is 1. The average molecular weight is 598 g/mol. The van der Waals surface area contributed by atoms with Crippen LogP contribution in [-0.4, -0.2) is 44.3 Å². The number of rotatable bonds is 12. The molecule has 2 amide bonds. The monoisotopic (exact) mass is 597 g/mol. The fourth-order valence-electron chi connectivity index (χ4n) is 5.05. The Labute approximate surface area is 255 Å². The molecule has 8 heteroatoms. The zero-order valence-corrected chi connectivity index (χ0v) is 26.0. The lowest BCUT2D eigenvalue weighted by atomic mass is 10.0. The van der Waals surface area contributed by atoms with Gasteiger partial charge in [0, 0.05) is 19.5 Å². The summed E-state index contributed by atoms with van der Waals surface area (Å²) in [5.74, 6) is -0.775. The van der Waals surface area contributed by atoms with E-state index < -0.39 is 28.5 Å². The number of carbonyl (C=O) groups is 2. The van der Waals surface area contributed by atoms with E-state index in [9.17, 15) is 18.0 Å². The molecule has 0 aromatic heterocycles. The lowest BCUT2D eigenvalue weighted by Gasteiger charge is -2.34. The van der Waals surface area contributed by atoms with Crippen molar-refractivity contribution in [2.45, 2.75) is 51.6 Å². The van der Waals surface area contributed by atoms with E-state index in [1.807, 2.05) is 94.4 Å². The molecule has 0 aliphatic rings. The third-order valence-electron chi connectivity index (χ3n) is 7.33. The predicted octanol–water partition coefficient (Wildman–Crippen LogP) is 5.58. The molecule has 0 aliphatic heterocycles. The summed E-state index contributed by atoms with van der Waals surface area (Å²) in [6, 6.07) is 30.0. The largest absolute Gasteiger partial charge is 0.355 e. The van der Waals surface area contributed by atoms with E-state index in [0.717, 1.165) is 27.8 Å². The highest BCUT2D eigenvalue weighted by molar-refractivity contribution is 7.92. The van der Waals surface area contributed by atoms with Gasteiger partial charge in [-0.1, -0.05) is 96.1 Å². The molecule has 0 heterocycles. The van der Waals surface area contributed by atoms with Crippen molar-refractivity contribution in [1.29, 1.82) is 0 Å². The lowest BCUT2D eigenvalue weighted by Crippen LogP contribution is -2.53. The maximum absolute atomic E-state index is 14.4. The van der Waals surface area contributed by atoms with Gasteiger partial charge in [0.1, 0.15) is 12.6 Å². The Morgan fingerprint density at radius 3 is 1.98 bits per heavy atom. The van der Waals surface area contributed by atoms with Crippen LogP contribution < -0.4 is 9.62 Å². The van der Waals surface area contributed by atoms with E-state index >= 15 is 0 Å². The minimum atomic E-state index is -4.13. The number of aryl methyl sites for hydroxylation is 3. The zero-order valence-electron chi connectivity index (χ0n) is 25.2. The molecule has 0 radical (unpaired) electrons. The second-order valence-corrected chi connectivity index (χ2v) is 12.6. The Morgan fingerprint density at radius 2 is 1.37 bits per heavy atom. The van der Waals surface area contributed by atoms with Crippen molar-refractivity contribution >= 4 is 27.5 Å². The van der Waals surface area contributed by atoms with Crippen molar-refractivity contribution in [3.63, 3.8) is 0 Å². The van der Waals surface area contributed by atoms with Gasteiger partial charge >= 0.3 is 0 Å². The van der Waals surface area contributed by atoms with E-state index in [1.165, 1.54) is 21.3 Å². The van der Waals surface area contributed by atoms with Crippen molar-refractivity contribution < 1.29 is 18.0 Å². The van der Waals surface area contributed by atoms with Gasteiger partial charge in [-0.3, -0.25) is 13.9 Å². The fraction of sp³-hybridized carbons (Fsp3) is 0.257. The molecule has 0 saturated heterocycles. The van der Waals surface area contributed by atoms with Gasteiger partial charge in [-0.15, -0.1) is 0 Å². The van der Waals surface area contributed by atoms with Gasteiger partial charge in [0.15, 0.2) is 0 Å². The second kappa shape index (κ2) is 14.2. The Bertz CT molecular complexity index is 1640. The first-order valence-corrected chi connectivity index (χ1v) is 15.9. The molecule has 0 aliphatic carbocycles. The number of nitrogens with zero attached hydrogens (tertiary/aromatic N) is 2. The Morgan fingerprint density at radius 1 is 0.767 bits per heavy atom. The van der Waals surface area contributed by atoms with Crippen LogP contribution in [0.1, 0.15) is 34.7 Å². The zero-order chi connectivity index (χ0) is 31.0. The molecule has 0 spiro atoms. The molecule has 0 fully saturated rings. The summed E-state index contributed by atoms with van der Waals surface area (Å²) in [6.07, 6.45) is 0.277. The van der Waals surface area contributed by atoms with E-state index in [4.69, 9.17) is 0 Å². The summed E-state index contributed by atoms with van der Waals surface area (Å²) in [5, 5.41) is 2.89. The molecule has 224 valence electrons. The van der Waals surface area contributed by atoms with Crippen LogP contribution in [0, 0.1) is 20.8 Å². The summed E-state index contributed by atoms with van der Waals surface area (Å²) in [7, 11) is -4.13. The average Bonchev–Trinajstić information content (AvgIpc) is 3.00. The molecule has 4 rings (SSSR count). The van der Waals surface area contributed by atoms with Crippen LogP contribution in [0.25, 0.3) is 0 Å². The molecule has 4 aromatic carbocycles. The Kier molecular flexibility index (Phi) is 10.4. The highest BCUT2D eigenvalue weighted by Gasteiger charge is 2.34. The molecule has 1 unspecified atom stereocenters. The number of hydrogen-bond donors (Lipinski definition) is 1. The molecule has 4 aromatic rings. The maximum Gasteiger partial charge on any atom is 0.264 e. The summed E-state index contributed by atoms with van der Waals surface area (Å²) < 4.78 is 29.4. The molecule has 1 atom stereocenters. The summed E-state index contributed by atoms with van der Waals surface area (Å²) in [6.45, 7) is 7.64. The van der Waals surface area contributed by atoms with Crippen LogP contribution in [-0.2, 0) is 32.6 Å². The first-order valence-electron chi connectivity index (χ1n) is 14.4. The van der Waals surface area contributed by atoms with E-state index in [2.05, 4.69) is 5.32 Å². The quantitative estimate of drug-likeness (QED) is 0.231. The van der Waals surface area contributed by atoms with Crippen LogP contribution in [0.15, 0.2) is 108 Å². The smallest absolute Gasteiger partial charge is 0.264 e. The third kappa shape index (κ3) is 7.90. The molecule has 7 nitrogen and oxygen atoms in total. The third-order valence-corrected chi connectivity index (χ3v) is 9.10. The van der Waals surface area contributed by atoms with E-state index in [-0.39, 0.29) is 23.8 Å². The van der Waals surface area contributed by atoms with Gasteiger partial charge in [-0.05, 0) is 62.6 Å². The van der Waals surface area contributed by atoms with Crippen molar-refractivity contribution in [2.75, 3.05) is 17.4 Å². The fourth-order valence-corrected chi connectivity index (χ4v) is 6.55. The van der Waals surface area contributed by atoms with Gasteiger partial charge in [-0.25, -0.2) is 8.42 Å². The molecule has 0 saturated carbocycles. The van der Waals surface area contributed by atoms with Gasteiger partial charge in [0.25, 0.3) is 10.0 Å². The van der Waals surface area contributed by atoms with Crippen molar-refractivity contribution in [3.05, 3.63) is 131 Å². The van der Waals surface area contributed by atoms with Crippen LogP contribution in [0.4, 0.5) is 5.69 Å². The second-order valence-electron chi connectivity index (χ2n) is 10.7. The number of benzene rings is 4. The summed E-state index contributed by atoms with van der Waals surface area (Å²) in [4.78, 5) is 29.6. The van der Waals surface area contributed by atoms with Gasteiger partial charge < -0.3 is 10.2 Å². The topological polar surface area (TPSA) is 86.8 Å². The number of amides is 2. The van der Waals surface area contributed by atoms with E-state index in [0.29, 0.717) is 12.2 Å². The Balaban J connectivity index is 1.81. The van der Waals surface area contributed by atoms with Crippen molar-refractivity contribution in [3.8, 4) is 0 Å². The highest BCUT2D eigenvalue weighted by Crippen LogP contribution is 2.28. The SMILES string of the molecule is CCNC(=O)C(Cc1ccccc1)N(Cc1ccc(C)cc1)C(=O)CN(c1ccc(C)cc1C)S(=O)(=O)c1ccccc1. The van der Waals surface area contributed by atoms with Crippen molar-refractivity contribution in [2.24, 2.45) is 0 Å². The number of anilines is 1. The number of hydrogen-bond acceptors (Lipinski definition) is 4. The van der Waals surface area contributed by atoms with Gasteiger partial charge in [0.2, 0.25) is 11.8 Å². The molecular weight excluding hydrogens is 558 g/mol. The molecular formula is C35H39N3O4S. The minimum Gasteiger partial charge on any atom is -0.355 e. The minimum absolute atomic E-state index is 0.0809. The first-order chi connectivity index (χ1) is 20.6. The predicted molar refractivity (Wildman–Crippen MR) is 171 cm³/mol. The van der Waals surface area contributed by atoms with Crippen LogP contribution in [0.3, 0.4) is 0 Å². The Hall–Kier alpha value is -4.43. The molecule has 43 heavy (non-hydrogen) atoms. The highest BCUT2D eigenvalue weighted by atomic mass is 32.2. The normalized spacial score (nSPS) is 11.9. The van der Waals surface area contributed by atoms with Crippen LogP contribution in [0.2, 0.25) is 0 Å². The van der Waals surface area contributed by atoms with Crippen LogP contribution >= 0.6 is 0 Å². The molecule has 0 bridgehead atoms. The van der Waals surface area contributed by atoms with Crippen molar-refractivity contribution in [1.82, 2.24) is 10.2 Å².